The van der Waals surface area contributed by atoms with Crippen molar-refractivity contribution >= 4 is 23.4 Å². The van der Waals surface area contributed by atoms with E-state index in [2.05, 4.69) is 26.1 Å². The van der Waals surface area contributed by atoms with Gasteiger partial charge < -0.3 is 10.6 Å². The zero-order chi connectivity index (χ0) is 14.4. The number of carbonyl (C=O) groups is 1. The number of nitrogens with one attached hydrogen (secondary N) is 3. The topological polar surface area (TPSA) is 78.9 Å². The molecule has 0 aliphatic rings. The van der Waals surface area contributed by atoms with E-state index in [0.29, 0.717) is 11.6 Å². The van der Waals surface area contributed by atoms with Crippen LogP contribution in [0.5, 0.6) is 0 Å². The van der Waals surface area contributed by atoms with Gasteiger partial charge in [0.05, 0.1) is 0 Å². The number of hydrogen-bond acceptors (Lipinski definition) is 4. The van der Waals surface area contributed by atoms with E-state index in [0.717, 1.165) is 5.69 Å². The maximum absolute atomic E-state index is 11.7. The van der Waals surface area contributed by atoms with Crippen LogP contribution < -0.4 is 16.0 Å². The van der Waals surface area contributed by atoms with Gasteiger partial charge in [-0.2, -0.15) is 0 Å². The normalized spacial score (nSPS) is 10.2. The minimum atomic E-state index is -0.352. The molecular weight excluding hydrogens is 254 g/mol. The van der Waals surface area contributed by atoms with E-state index in [1.165, 1.54) is 0 Å². The summed E-state index contributed by atoms with van der Waals surface area (Å²) in [5, 5.41) is 16.4. The van der Waals surface area contributed by atoms with Crippen molar-refractivity contribution in [2.45, 2.75) is 19.9 Å². The van der Waals surface area contributed by atoms with Crippen LogP contribution in [0.1, 0.15) is 13.8 Å². The summed E-state index contributed by atoms with van der Waals surface area (Å²) in [5.41, 5.74) is 0.719. The summed E-state index contributed by atoms with van der Waals surface area (Å²) in [5.74, 6) is 1.07. The van der Waals surface area contributed by atoms with Gasteiger partial charge in [-0.1, -0.05) is 18.2 Å². The number of benzene rings is 1. The number of hydrogen-bond donors (Lipinski definition) is 3. The SMILES string of the molecule is CC(C)Nc1ccc(NC(=O)Nc2ccccc2)nn1. The fraction of sp³-hybridized carbons (Fsp3) is 0.214. The van der Waals surface area contributed by atoms with E-state index < -0.39 is 0 Å². The molecule has 0 spiro atoms. The summed E-state index contributed by atoms with van der Waals surface area (Å²) >= 11 is 0. The number of aromatic nitrogens is 2. The van der Waals surface area contributed by atoms with Crippen LogP contribution in [-0.4, -0.2) is 22.3 Å². The molecule has 0 aliphatic heterocycles. The van der Waals surface area contributed by atoms with E-state index in [9.17, 15) is 4.79 Å². The molecule has 0 radical (unpaired) electrons. The van der Waals surface area contributed by atoms with E-state index in [-0.39, 0.29) is 12.1 Å². The molecule has 6 heteroatoms. The van der Waals surface area contributed by atoms with Crippen LogP contribution in [0.4, 0.5) is 22.1 Å². The summed E-state index contributed by atoms with van der Waals surface area (Å²) in [6.45, 7) is 4.03. The Morgan fingerprint density at radius 2 is 1.60 bits per heavy atom. The van der Waals surface area contributed by atoms with Gasteiger partial charge in [0.25, 0.3) is 0 Å². The molecule has 0 bridgehead atoms. The van der Waals surface area contributed by atoms with Crippen LogP contribution in [0.3, 0.4) is 0 Å². The molecule has 20 heavy (non-hydrogen) atoms. The van der Waals surface area contributed by atoms with Crippen molar-refractivity contribution in [2.24, 2.45) is 0 Å². The molecule has 1 aromatic heterocycles. The molecule has 2 amide bonds. The second-order valence-electron chi connectivity index (χ2n) is 4.55. The maximum Gasteiger partial charge on any atom is 0.324 e. The minimum Gasteiger partial charge on any atom is -0.366 e. The molecule has 0 fully saturated rings. The first kappa shape index (κ1) is 13.8. The summed E-state index contributed by atoms with van der Waals surface area (Å²) in [6, 6.07) is 12.6. The van der Waals surface area contributed by atoms with Gasteiger partial charge in [-0.3, -0.25) is 5.32 Å². The van der Waals surface area contributed by atoms with Crippen molar-refractivity contribution in [1.82, 2.24) is 10.2 Å². The van der Waals surface area contributed by atoms with Gasteiger partial charge in [0.15, 0.2) is 5.82 Å². The number of anilines is 3. The van der Waals surface area contributed by atoms with Crippen molar-refractivity contribution in [2.75, 3.05) is 16.0 Å². The van der Waals surface area contributed by atoms with E-state index in [1.807, 2.05) is 32.0 Å². The summed E-state index contributed by atoms with van der Waals surface area (Å²) in [4.78, 5) is 11.7. The third-order valence-electron chi connectivity index (χ3n) is 2.37. The Balaban J connectivity index is 1.91. The number of para-hydroxylation sites is 1. The van der Waals surface area contributed by atoms with Crippen molar-refractivity contribution in [3.63, 3.8) is 0 Å². The summed E-state index contributed by atoms with van der Waals surface area (Å²) in [6.07, 6.45) is 0. The highest BCUT2D eigenvalue weighted by atomic mass is 16.2. The largest absolute Gasteiger partial charge is 0.366 e. The Morgan fingerprint density at radius 1 is 0.950 bits per heavy atom. The van der Waals surface area contributed by atoms with Crippen LogP contribution in [-0.2, 0) is 0 Å². The number of amides is 2. The van der Waals surface area contributed by atoms with Crippen molar-refractivity contribution in [3.05, 3.63) is 42.5 Å². The van der Waals surface area contributed by atoms with Crippen LogP contribution in [0, 0.1) is 0 Å². The first-order chi connectivity index (χ1) is 9.63. The highest BCUT2D eigenvalue weighted by Gasteiger charge is 2.04. The maximum atomic E-state index is 11.7. The molecule has 0 aliphatic carbocycles. The average molecular weight is 271 g/mol. The van der Waals surface area contributed by atoms with Gasteiger partial charge in [-0.15, -0.1) is 10.2 Å². The molecule has 0 saturated carbocycles. The molecule has 2 rings (SSSR count). The molecule has 2 aromatic rings. The quantitative estimate of drug-likeness (QED) is 0.798. The highest BCUT2D eigenvalue weighted by molar-refractivity contribution is 5.99. The van der Waals surface area contributed by atoms with Gasteiger partial charge in [0, 0.05) is 11.7 Å². The van der Waals surface area contributed by atoms with Gasteiger partial charge >= 0.3 is 6.03 Å². The first-order valence-electron chi connectivity index (χ1n) is 6.37. The van der Waals surface area contributed by atoms with Gasteiger partial charge in [-0.25, -0.2) is 4.79 Å². The Kier molecular flexibility index (Phi) is 4.49. The predicted octanol–water partition coefficient (Wildman–Crippen LogP) is 2.94. The number of urea groups is 1. The van der Waals surface area contributed by atoms with E-state index >= 15 is 0 Å². The zero-order valence-electron chi connectivity index (χ0n) is 11.4. The minimum absolute atomic E-state index is 0.282. The Bertz CT molecular complexity index is 554. The summed E-state index contributed by atoms with van der Waals surface area (Å²) in [7, 11) is 0. The van der Waals surface area contributed by atoms with Crippen molar-refractivity contribution < 1.29 is 4.79 Å². The number of nitrogens with zero attached hydrogens (tertiary/aromatic N) is 2. The molecule has 1 aromatic carbocycles. The van der Waals surface area contributed by atoms with Gasteiger partial charge in [0.1, 0.15) is 5.82 Å². The molecule has 0 saturated heterocycles. The monoisotopic (exact) mass is 271 g/mol. The van der Waals surface area contributed by atoms with Crippen molar-refractivity contribution in [1.29, 1.82) is 0 Å². The third-order valence-corrected chi connectivity index (χ3v) is 2.37. The second-order valence-corrected chi connectivity index (χ2v) is 4.55. The predicted molar refractivity (Wildman–Crippen MR) is 79.9 cm³/mol. The highest BCUT2D eigenvalue weighted by Crippen LogP contribution is 2.09. The molecule has 1 heterocycles. The zero-order valence-corrected chi connectivity index (χ0v) is 11.4. The lowest BCUT2D eigenvalue weighted by Crippen LogP contribution is -2.20. The second kappa shape index (κ2) is 6.51. The Hall–Kier alpha value is -2.63. The third kappa shape index (κ3) is 4.24. The fourth-order valence-electron chi connectivity index (χ4n) is 1.57. The molecular formula is C14H17N5O. The molecule has 0 atom stereocenters. The van der Waals surface area contributed by atoms with Crippen molar-refractivity contribution in [3.8, 4) is 0 Å². The number of rotatable bonds is 4. The Morgan fingerprint density at radius 3 is 2.20 bits per heavy atom. The lowest BCUT2D eigenvalue weighted by Gasteiger charge is -2.09. The smallest absolute Gasteiger partial charge is 0.324 e. The fourth-order valence-corrected chi connectivity index (χ4v) is 1.57. The molecule has 0 unspecified atom stereocenters. The standard InChI is InChI=1S/C14H17N5O/c1-10(2)15-12-8-9-13(19-18-12)17-14(20)16-11-6-4-3-5-7-11/h3-10H,1-2H3,(H,15,18)(H2,16,17,19,20). The van der Waals surface area contributed by atoms with Crippen LogP contribution in [0.15, 0.2) is 42.5 Å². The van der Waals surface area contributed by atoms with Crippen LogP contribution in [0.25, 0.3) is 0 Å². The lowest BCUT2D eigenvalue weighted by molar-refractivity contribution is 0.262. The van der Waals surface area contributed by atoms with Crippen LogP contribution in [0.2, 0.25) is 0 Å². The van der Waals surface area contributed by atoms with Gasteiger partial charge in [-0.05, 0) is 38.1 Å². The van der Waals surface area contributed by atoms with Gasteiger partial charge in [0.2, 0.25) is 0 Å². The van der Waals surface area contributed by atoms with E-state index in [4.69, 9.17) is 0 Å². The van der Waals surface area contributed by atoms with Crippen LogP contribution >= 0.6 is 0 Å². The molecule has 3 N–H and O–H groups in total. The first-order valence-corrected chi connectivity index (χ1v) is 6.37. The lowest BCUT2D eigenvalue weighted by atomic mass is 10.3. The Labute approximate surface area is 117 Å². The molecule has 104 valence electrons. The summed E-state index contributed by atoms with van der Waals surface area (Å²) < 4.78 is 0. The van der Waals surface area contributed by atoms with E-state index in [1.54, 1.807) is 24.3 Å². The average Bonchev–Trinajstić information content (AvgIpc) is 2.41. The molecule has 6 nitrogen and oxygen atoms in total. The number of carbonyl (C=O) groups excluding carboxylic acids is 1.